The molecule has 3 heterocycles. The Kier molecular flexibility index (Phi) is 9.59. The molecule has 0 spiro atoms. The average molecular weight is 542 g/mol. The normalized spacial score (nSPS) is 14.0. The van der Waals surface area contributed by atoms with Crippen molar-refractivity contribution in [2.24, 2.45) is 0 Å². The minimum absolute atomic E-state index is 0.227. The number of aromatic nitrogens is 5. The van der Waals surface area contributed by atoms with Gasteiger partial charge in [0.1, 0.15) is 23.4 Å². The van der Waals surface area contributed by atoms with E-state index in [1.165, 1.54) is 12.4 Å². The molecule has 0 aliphatic rings. The molecule has 0 amide bonds. The molecule has 3 aromatic rings. The van der Waals surface area contributed by atoms with Gasteiger partial charge < -0.3 is 18.6 Å². The number of halogens is 1. The van der Waals surface area contributed by atoms with Crippen LogP contribution >= 0.6 is 11.6 Å². The van der Waals surface area contributed by atoms with Crippen LogP contribution in [0.2, 0.25) is 5.02 Å². The van der Waals surface area contributed by atoms with Crippen molar-refractivity contribution in [3.05, 3.63) is 47.0 Å². The summed E-state index contributed by atoms with van der Waals surface area (Å²) in [5.74, 6) is 1.59. The second-order valence-corrected chi connectivity index (χ2v) is 11.5. The van der Waals surface area contributed by atoms with E-state index in [1.807, 2.05) is 20.8 Å². The van der Waals surface area contributed by atoms with E-state index in [1.54, 1.807) is 37.8 Å². The molecule has 3 rings (SSSR count). The summed E-state index contributed by atoms with van der Waals surface area (Å²) >= 11 is 5.92. The van der Waals surface area contributed by atoms with Gasteiger partial charge in [-0.1, -0.05) is 11.6 Å². The fourth-order valence-electron chi connectivity index (χ4n) is 3.75. The quantitative estimate of drug-likeness (QED) is 0.316. The number of hydrogen-bond donors (Lipinski definition) is 0. The van der Waals surface area contributed by atoms with Crippen LogP contribution in [0, 0.1) is 6.92 Å². The fraction of sp³-hybridized carbons (Fsp3) is 0.565. The number of nitrogens with zero attached hydrogens (tertiary/aromatic N) is 5. The Morgan fingerprint density at radius 1 is 1.06 bits per heavy atom. The van der Waals surface area contributed by atoms with Crippen LogP contribution in [-0.4, -0.2) is 71.9 Å². The fourth-order valence-corrected chi connectivity index (χ4v) is 5.23. The molecule has 0 fully saturated rings. The number of ether oxygens (including phenoxy) is 3. The third-order valence-corrected chi connectivity index (χ3v) is 7.68. The monoisotopic (exact) mass is 541 g/mol. The molecular formula is C23H32ClN5O6S. The zero-order valence-electron chi connectivity index (χ0n) is 21.2. The van der Waals surface area contributed by atoms with E-state index in [4.69, 9.17) is 30.2 Å². The third-order valence-electron chi connectivity index (χ3n) is 5.45. The van der Waals surface area contributed by atoms with E-state index >= 15 is 0 Å². The Morgan fingerprint density at radius 2 is 1.69 bits per heavy atom. The Morgan fingerprint density at radius 3 is 2.22 bits per heavy atom. The molecule has 0 N–H and O–H groups in total. The summed E-state index contributed by atoms with van der Waals surface area (Å²) in [6, 6.07) is 3.17. The van der Waals surface area contributed by atoms with E-state index in [-0.39, 0.29) is 31.0 Å². The van der Waals surface area contributed by atoms with Gasteiger partial charge in [0.05, 0.1) is 35.6 Å². The van der Waals surface area contributed by atoms with Crippen LogP contribution in [0.25, 0.3) is 11.6 Å². The number of hydrogen-bond acceptors (Lipinski definition) is 10. The maximum Gasteiger partial charge on any atom is 0.200 e. The van der Waals surface area contributed by atoms with Crippen molar-refractivity contribution in [3.8, 4) is 11.6 Å². The van der Waals surface area contributed by atoms with Gasteiger partial charge in [0.15, 0.2) is 27.2 Å². The number of methoxy groups -OCH3 is 2. The first-order valence-electron chi connectivity index (χ1n) is 11.4. The van der Waals surface area contributed by atoms with Crippen LogP contribution in [0.1, 0.15) is 50.3 Å². The average Bonchev–Trinajstić information content (AvgIpc) is 3.43. The Labute approximate surface area is 216 Å². The highest BCUT2D eigenvalue weighted by atomic mass is 35.5. The smallest absolute Gasteiger partial charge is 0.200 e. The molecule has 0 saturated carbocycles. The number of furan rings is 1. The van der Waals surface area contributed by atoms with Crippen LogP contribution in [0.3, 0.4) is 0 Å². The van der Waals surface area contributed by atoms with Gasteiger partial charge in [-0.05, 0) is 39.8 Å². The minimum Gasteiger partial charge on any atom is -0.458 e. The molecule has 0 aliphatic carbocycles. The number of sulfone groups is 1. The second kappa shape index (κ2) is 12.2. The van der Waals surface area contributed by atoms with Crippen LogP contribution in [-0.2, 0) is 29.8 Å². The molecule has 2 atom stereocenters. The van der Waals surface area contributed by atoms with E-state index in [0.717, 1.165) is 0 Å². The lowest BCUT2D eigenvalue weighted by Gasteiger charge is -2.26. The molecule has 11 nitrogen and oxygen atoms in total. The molecular weight excluding hydrogens is 510 g/mol. The predicted octanol–water partition coefficient (Wildman–Crippen LogP) is 3.59. The number of aryl methyl sites for hydroxylation is 1. The van der Waals surface area contributed by atoms with E-state index in [9.17, 15) is 8.42 Å². The topological polar surface area (TPSA) is 131 Å². The first kappa shape index (κ1) is 28.2. The van der Waals surface area contributed by atoms with E-state index in [2.05, 4.69) is 20.2 Å². The summed E-state index contributed by atoms with van der Waals surface area (Å²) in [6.07, 6.45) is 1.64. The molecule has 0 radical (unpaired) electrons. The van der Waals surface area contributed by atoms with Gasteiger partial charge in [0, 0.05) is 26.6 Å². The summed E-state index contributed by atoms with van der Waals surface area (Å²) < 4.78 is 51.5. The molecule has 198 valence electrons. The van der Waals surface area contributed by atoms with Crippen molar-refractivity contribution < 1.29 is 27.0 Å². The molecule has 13 heteroatoms. The van der Waals surface area contributed by atoms with Gasteiger partial charge in [0.25, 0.3) is 0 Å². The summed E-state index contributed by atoms with van der Waals surface area (Å²) in [7, 11) is -0.724. The molecule has 0 unspecified atom stereocenters. The van der Waals surface area contributed by atoms with Crippen LogP contribution in [0.4, 0.5) is 0 Å². The highest BCUT2D eigenvalue weighted by molar-refractivity contribution is 7.91. The molecule has 0 bridgehead atoms. The highest BCUT2D eigenvalue weighted by Gasteiger charge is 2.36. The number of rotatable bonds is 13. The van der Waals surface area contributed by atoms with Gasteiger partial charge in [-0.2, -0.15) is 0 Å². The lowest BCUT2D eigenvalue weighted by molar-refractivity contribution is 0.00142. The maximum atomic E-state index is 13.7. The summed E-state index contributed by atoms with van der Waals surface area (Å²) in [5, 5.41) is 7.84. The third kappa shape index (κ3) is 6.68. The first-order valence-corrected chi connectivity index (χ1v) is 13.5. The summed E-state index contributed by atoms with van der Waals surface area (Å²) in [5.41, 5.74) is 0. The SMILES string of the molecule is COCC(COC)n1c(CS(=O)(=O)[C@@H](C)[C@@H](OC(C)C)c2ncc(Cl)cn2)nnc1-c1ccc(C)o1. The van der Waals surface area contributed by atoms with Crippen LogP contribution < -0.4 is 0 Å². The molecule has 0 saturated heterocycles. The lowest BCUT2D eigenvalue weighted by Crippen LogP contribution is -2.32. The Bertz CT molecular complexity index is 1220. The lowest BCUT2D eigenvalue weighted by atomic mass is 10.2. The zero-order valence-corrected chi connectivity index (χ0v) is 22.8. The summed E-state index contributed by atoms with van der Waals surface area (Å²) in [6.45, 7) is 7.51. The van der Waals surface area contributed by atoms with Crippen LogP contribution in [0.5, 0.6) is 0 Å². The molecule has 3 aromatic heterocycles. The molecule has 0 aliphatic heterocycles. The Hall–Kier alpha value is -2.38. The van der Waals surface area contributed by atoms with Crippen molar-refractivity contribution in [1.82, 2.24) is 24.7 Å². The van der Waals surface area contributed by atoms with Crippen molar-refractivity contribution in [2.75, 3.05) is 27.4 Å². The minimum atomic E-state index is -3.84. The highest BCUT2D eigenvalue weighted by Crippen LogP contribution is 2.30. The van der Waals surface area contributed by atoms with Gasteiger partial charge in [-0.3, -0.25) is 4.57 Å². The van der Waals surface area contributed by atoms with E-state index < -0.39 is 33.0 Å². The summed E-state index contributed by atoms with van der Waals surface area (Å²) in [4.78, 5) is 8.41. The standard InChI is InChI=1S/C23H32ClN5O6S/c1-14(2)34-21(22-25-9-17(24)10-26-22)16(4)36(30,31)13-20-27-28-23(19-8-7-15(3)35-19)29(20)18(11-32-5)12-33-6/h7-10,14,16,18,21H,11-13H2,1-6H3/t16-,21+/m0/s1. The van der Waals surface area contributed by atoms with Crippen molar-refractivity contribution in [3.63, 3.8) is 0 Å². The van der Waals surface area contributed by atoms with Crippen LogP contribution in [0.15, 0.2) is 28.9 Å². The maximum absolute atomic E-state index is 13.7. The van der Waals surface area contributed by atoms with Crippen molar-refractivity contribution in [2.45, 2.75) is 56.9 Å². The predicted molar refractivity (Wildman–Crippen MR) is 133 cm³/mol. The largest absolute Gasteiger partial charge is 0.458 e. The second-order valence-electron chi connectivity index (χ2n) is 8.66. The molecule has 36 heavy (non-hydrogen) atoms. The zero-order chi connectivity index (χ0) is 26.5. The van der Waals surface area contributed by atoms with Gasteiger partial charge >= 0.3 is 0 Å². The van der Waals surface area contributed by atoms with Crippen molar-refractivity contribution >= 4 is 21.4 Å². The van der Waals surface area contributed by atoms with Crippen molar-refractivity contribution in [1.29, 1.82) is 0 Å². The molecule has 0 aromatic carbocycles. The van der Waals surface area contributed by atoms with E-state index in [0.29, 0.717) is 22.4 Å². The van der Waals surface area contributed by atoms with Gasteiger partial charge in [0.2, 0.25) is 0 Å². The van der Waals surface area contributed by atoms with Gasteiger partial charge in [-0.15, -0.1) is 10.2 Å². The Balaban J connectivity index is 2.01. The first-order chi connectivity index (χ1) is 17.1. The van der Waals surface area contributed by atoms with Gasteiger partial charge in [-0.25, -0.2) is 18.4 Å².